The maximum Gasteiger partial charge on any atom is 0.160 e. The molecule has 0 aliphatic heterocycles. The largest absolute Gasteiger partial charge is 0.456 e. The highest BCUT2D eigenvalue weighted by Crippen LogP contribution is 2.45. The van der Waals surface area contributed by atoms with E-state index in [1.54, 1.807) is 0 Å². The first-order valence-corrected chi connectivity index (χ1v) is 21.7. The zero-order valence-corrected chi connectivity index (χ0v) is 34.6. The zero-order chi connectivity index (χ0) is 42.0. The molecule has 4 aromatic heterocycles. The number of nitrogens with zero attached hydrogens (tertiary/aromatic N) is 3. The highest BCUT2D eigenvalue weighted by atomic mass is 16.3. The van der Waals surface area contributed by atoms with Crippen molar-refractivity contribution >= 4 is 98.0 Å². The molecule has 0 amide bonds. The molecule has 0 aliphatic rings. The van der Waals surface area contributed by atoms with Crippen LogP contribution in [-0.4, -0.2) is 14.5 Å². The molecule has 64 heavy (non-hydrogen) atoms. The van der Waals surface area contributed by atoms with Crippen molar-refractivity contribution in [1.82, 2.24) is 14.5 Å². The first-order valence-electron chi connectivity index (χ1n) is 21.7. The summed E-state index contributed by atoms with van der Waals surface area (Å²) < 4.78 is 15.6. The summed E-state index contributed by atoms with van der Waals surface area (Å²) in [5, 5.41) is 13.7. The van der Waals surface area contributed by atoms with E-state index in [2.05, 4.69) is 187 Å². The van der Waals surface area contributed by atoms with Crippen molar-refractivity contribution < 1.29 is 8.83 Å². The average molecular weight is 818 g/mol. The summed E-state index contributed by atoms with van der Waals surface area (Å²) in [5.41, 5.74) is 12.2. The molecule has 14 rings (SSSR count). The van der Waals surface area contributed by atoms with E-state index >= 15 is 0 Å². The third-order valence-corrected chi connectivity index (χ3v) is 13.3. The minimum Gasteiger partial charge on any atom is -0.456 e. The van der Waals surface area contributed by atoms with Crippen molar-refractivity contribution in [3.63, 3.8) is 0 Å². The molecule has 5 heteroatoms. The number of benzene rings is 10. The smallest absolute Gasteiger partial charge is 0.160 e. The van der Waals surface area contributed by atoms with Crippen molar-refractivity contribution in [2.75, 3.05) is 0 Å². The van der Waals surface area contributed by atoms with Gasteiger partial charge in [-0.15, -0.1) is 0 Å². The second-order valence-electron chi connectivity index (χ2n) is 16.9. The summed E-state index contributed by atoms with van der Waals surface area (Å²) in [7, 11) is 0. The average Bonchev–Trinajstić information content (AvgIpc) is 4.02. The van der Waals surface area contributed by atoms with Crippen LogP contribution in [0.2, 0.25) is 0 Å². The maximum absolute atomic E-state index is 6.93. The van der Waals surface area contributed by atoms with Crippen molar-refractivity contribution in [2.24, 2.45) is 0 Å². The fourth-order valence-corrected chi connectivity index (χ4v) is 10.3. The normalized spacial score (nSPS) is 12.1. The first-order chi connectivity index (χ1) is 31.6. The van der Waals surface area contributed by atoms with E-state index in [0.29, 0.717) is 5.82 Å². The number of hydrogen-bond acceptors (Lipinski definition) is 4. The SMILES string of the molecule is Cc1c(-c2ccc3oc4ccccc4c3c2)nc(-c2ccc3ccccc3c2)nc1-c1cc(-n2c3cc4ccccc4cc3c3c4ccccc4ccc32)c2oc3ccccc3c2c1. The van der Waals surface area contributed by atoms with Crippen LogP contribution in [0, 0.1) is 6.92 Å². The predicted octanol–water partition coefficient (Wildman–Crippen LogP) is 16.1. The van der Waals surface area contributed by atoms with Gasteiger partial charge in [0.25, 0.3) is 0 Å². The number of fused-ring (bicyclic) bond motifs is 13. The Morgan fingerprint density at radius 1 is 0.375 bits per heavy atom. The van der Waals surface area contributed by atoms with Crippen LogP contribution in [0.15, 0.2) is 203 Å². The summed E-state index contributed by atoms with van der Waals surface area (Å²) in [6, 6.07) is 69.0. The van der Waals surface area contributed by atoms with Crippen LogP contribution in [0.25, 0.3) is 138 Å². The van der Waals surface area contributed by atoms with E-state index in [1.807, 2.05) is 18.2 Å². The highest BCUT2D eigenvalue weighted by Gasteiger charge is 2.24. The maximum atomic E-state index is 6.93. The third-order valence-electron chi connectivity index (χ3n) is 13.3. The van der Waals surface area contributed by atoms with Gasteiger partial charge < -0.3 is 13.4 Å². The van der Waals surface area contributed by atoms with Gasteiger partial charge in [0.05, 0.1) is 28.1 Å². The molecule has 0 N–H and O–H groups in total. The molecule has 0 saturated heterocycles. The molecule has 14 aromatic rings. The van der Waals surface area contributed by atoms with Crippen molar-refractivity contribution in [3.05, 3.63) is 200 Å². The number of aromatic nitrogens is 3. The van der Waals surface area contributed by atoms with E-state index in [4.69, 9.17) is 18.8 Å². The molecule has 0 aliphatic carbocycles. The first kappa shape index (κ1) is 35.1. The number of furan rings is 2. The molecule has 0 fully saturated rings. The summed E-state index contributed by atoms with van der Waals surface area (Å²) in [4.78, 5) is 11.0. The second kappa shape index (κ2) is 13.2. The van der Waals surface area contributed by atoms with Crippen LogP contribution < -0.4 is 0 Å². The molecule has 0 radical (unpaired) electrons. The highest BCUT2D eigenvalue weighted by molar-refractivity contribution is 6.24. The zero-order valence-electron chi connectivity index (χ0n) is 34.6. The molecule has 0 bridgehead atoms. The minimum absolute atomic E-state index is 0.659. The summed E-state index contributed by atoms with van der Waals surface area (Å²) >= 11 is 0. The molecule has 4 heterocycles. The Balaban J connectivity index is 1.10. The van der Waals surface area contributed by atoms with Gasteiger partial charge in [0.2, 0.25) is 0 Å². The lowest BCUT2D eigenvalue weighted by atomic mass is 9.97. The van der Waals surface area contributed by atoms with Crippen LogP contribution in [0.4, 0.5) is 0 Å². The Kier molecular flexibility index (Phi) is 7.26. The van der Waals surface area contributed by atoms with Gasteiger partial charge in [0, 0.05) is 54.6 Å². The Hall–Kier alpha value is -8.54. The molecular weight excluding hydrogens is 783 g/mol. The van der Waals surface area contributed by atoms with Crippen LogP contribution in [0.5, 0.6) is 0 Å². The van der Waals surface area contributed by atoms with Crippen LogP contribution in [-0.2, 0) is 0 Å². The van der Waals surface area contributed by atoms with Gasteiger partial charge in [0.1, 0.15) is 16.7 Å². The Bertz CT molecular complexity index is 4280. The Morgan fingerprint density at radius 2 is 0.953 bits per heavy atom. The fourth-order valence-electron chi connectivity index (χ4n) is 10.3. The monoisotopic (exact) mass is 817 g/mol. The standard InChI is InChI=1S/C59H35N3O2/c1-34-56(40-25-27-54-46(30-40)44-18-8-10-20-52(44)63-54)60-59(41-23-22-35-12-2-3-14-37(35)28-41)61-57(34)42-31-47-45-19-9-11-21-53(45)64-58(47)51(33-42)62-49-26-24-36-13-6-7-17-43(36)55(49)48-29-38-15-4-5-16-39(38)32-50(48)62/h2-33H,1H3. The Morgan fingerprint density at radius 3 is 1.75 bits per heavy atom. The molecule has 0 saturated carbocycles. The van der Waals surface area contributed by atoms with E-state index in [9.17, 15) is 0 Å². The van der Waals surface area contributed by atoms with E-state index in [1.165, 1.54) is 37.7 Å². The van der Waals surface area contributed by atoms with E-state index < -0.39 is 0 Å². The predicted molar refractivity (Wildman–Crippen MR) is 264 cm³/mol. The minimum atomic E-state index is 0.659. The van der Waals surface area contributed by atoms with Gasteiger partial charge in [-0.2, -0.15) is 0 Å². The third kappa shape index (κ3) is 5.12. The van der Waals surface area contributed by atoms with Gasteiger partial charge in [-0.3, -0.25) is 0 Å². The number of rotatable bonds is 4. The summed E-state index contributed by atoms with van der Waals surface area (Å²) in [6.45, 7) is 2.16. The van der Waals surface area contributed by atoms with Crippen molar-refractivity contribution in [2.45, 2.75) is 6.92 Å². The summed E-state index contributed by atoms with van der Waals surface area (Å²) in [5.74, 6) is 0.659. The van der Waals surface area contributed by atoms with Crippen LogP contribution >= 0.6 is 0 Å². The lowest BCUT2D eigenvalue weighted by Gasteiger charge is -2.16. The Labute approximate surface area is 366 Å². The fraction of sp³-hybridized carbons (Fsp3) is 0.0169. The summed E-state index contributed by atoms with van der Waals surface area (Å²) in [6.07, 6.45) is 0. The quantitative estimate of drug-likeness (QED) is 0.177. The molecular formula is C59H35N3O2. The lowest BCUT2D eigenvalue weighted by Crippen LogP contribution is -2.02. The van der Waals surface area contributed by atoms with Gasteiger partial charge in [-0.05, 0) is 106 Å². The van der Waals surface area contributed by atoms with Crippen molar-refractivity contribution in [1.29, 1.82) is 0 Å². The molecule has 10 aromatic carbocycles. The van der Waals surface area contributed by atoms with Gasteiger partial charge >= 0.3 is 0 Å². The molecule has 0 spiro atoms. The van der Waals surface area contributed by atoms with Crippen molar-refractivity contribution in [3.8, 4) is 39.6 Å². The van der Waals surface area contributed by atoms with Gasteiger partial charge in [0.15, 0.2) is 11.4 Å². The van der Waals surface area contributed by atoms with Crippen LogP contribution in [0.1, 0.15) is 5.56 Å². The number of hydrogen-bond donors (Lipinski definition) is 0. The molecule has 298 valence electrons. The lowest BCUT2D eigenvalue weighted by molar-refractivity contribution is 0.666. The van der Waals surface area contributed by atoms with Gasteiger partial charge in [-0.1, -0.05) is 127 Å². The van der Waals surface area contributed by atoms with Gasteiger partial charge in [-0.25, -0.2) is 9.97 Å². The molecule has 5 nitrogen and oxygen atoms in total. The number of para-hydroxylation sites is 2. The second-order valence-corrected chi connectivity index (χ2v) is 16.9. The van der Waals surface area contributed by atoms with E-state index in [-0.39, 0.29) is 0 Å². The van der Waals surface area contributed by atoms with Crippen LogP contribution in [0.3, 0.4) is 0 Å². The van der Waals surface area contributed by atoms with E-state index in [0.717, 1.165) is 99.6 Å². The topological polar surface area (TPSA) is 57.0 Å². The molecule has 0 atom stereocenters. The molecule has 0 unspecified atom stereocenters.